The summed E-state index contributed by atoms with van der Waals surface area (Å²) in [4.78, 5) is 0. The van der Waals surface area contributed by atoms with Gasteiger partial charge < -0.3 is 9.47 Å². The van der Waals surface area contributed by atoms with E-state index in [2.05, 4.69) is 12.1 Å². The number of hydrogen-bond acceptors (Lipinski definition) is 4. The maximum atomic E-state index is 9.64. The lowest BCUT2D eigenvalue weighted by Crippen LogP contribution is -1.98. The third kappa shape index (κ3) is 1.55. The predicted molar refractivity (Wildman–Crippen MR) is 92.7 cm³/mol. The Morgan fingerprint density at radius 3 is 1.38 bits per heavy atom. The molecule has 0 N–H and O–H groups in total. The number of benzene rings is 4. The van der Waals surface area contributed by atoms with Crippen molar-refractivity contribution in [1.82, 2.24) is 0 Å². The second kappa shape index (κ2) is 5.01. The van der Waals surface area contributed by atoms with Crippen molar-refractivity contribution in [2.45, 2.75) is 0 Å². The lowest BCUT2D eigenvalue weighted by atomic mass is 9.87. The summed E-state index contributed by atoms with van der Waals surface area (Å²) in [5.74, 6) is 1.27. The first kappa shape index (κ1) is 14.1. The molecule has 4 nitrogen and oxygen atoms in total. The fraction of sp³-hybridized carbons (Fsp3) is 0.100. The molecule has 24 heavy (non-hydrogen) atoms. The molecule has 0 aliphatic heterocycles. The van der Waals surface area contributed by atoms with E-state index in [-0.39, 0.29) is 0 Å². The molecule has 4 heteroatoms. The van der Waals surface area contributed by atoms with Crippen LogP contribution in [0.4, 0.5) is 0 Å². The summed E-state index contributed by atoms with van der Waals surface area (Å²) >= 11 is 0. The summed E-state index contributed by atoms with van der Waals surface area (Å²) in [5.41, 5.74) is 0.797. The number of ether oxygens (including phenoxy) is 2. The summed E-state index contributed by atoms with van der Waals surface area (Å²) in [6, 6.07) is 15.8. The quantitative estimate of drug-likeness (QED) is 0.516. The van der Waals surface area contributed by atoms with Gasteiger partial charge in [-0.25, -0.2) is 0 Å². The van der Waals surface area contributed by atoms with Crippen LogP contribution in [-0.2, 0) is 0 Å². The van der Waals surface area contributed by atoms with Crippen molar-refractivity contribution in [2.75, 3.05) is 14.2 Å². The standard InChI is InChI=1S/C20H12N2O2/c1-23-19-13-7-3-5-11-15(9-21)16(10-22)12-6-4-8-14(20(19)24-2)18(12)17(11)13/h3-8H,1-2H3. The minimum Gasteiger partial charge on any atom is -0.492 e. The molecule has 0 aliphatic rings. The molecule has 4 rings (SSSR count). The largest absolute Gasteiger partial charge is 0.492 e. The first-order chi connectivity index (χ1) is 11.8. The molecule has 0 atom stereocenters. The average Bonchev–Trinajstić information content (AvgIpc) is 2.64. The zero-order valence-corrected chi connectivity index (χ0v) is 13.2. The van der Waals surface area contributed by atoms with Gasteiger partial charge in [-0.3, -0.25) is 0 Å². The highest BCUT2D eigenvalue weighted by Crippen LogP contribution is 2.48. The summed E-state index contributed by atoms with van der Waals surface area (Å²) in [5, 5.41) is 24.4. The molecule has 0 amide bonds. The summed E-state index contributed by atoms with van der Waals surface area (Å²) in [7, 11) is 3.21. The maximum Gasteiger partial charge on any atom is 0.169 e. The smallest absolute Gasteiger partial charge is 0.169 e. The lowest BCUT2D eigenvalue weighted by Gasteiger charge is -2.19. The third-order valence-corrected chi connectivity index (χ3v) is 4.49. The molecule has 0 unspecified atom stereocenters. The molecular weight excluding hydrogens is 300 g/mol. The van der Waals surface area contributed by atoms with E-state index in [1.807, 2.05) is 36.4 Å². The number of rotatable bonds is 2. The van der Waals surface area contributed by atoms with Gasteiger partial charge in [0.1, 0.15) is 12.1 Å². The maximum absolute atomic E-state index is 9.64. The van der Waals surface area contributed by atoms with Gasteiger partial charge in [-0.15, -0.1) is 0 Å². The first-order valence-corrected chi connectivity index (χ1v) is 7.41. The highest BCUT2D eigenvalue weighted by atomic mass is 16.5. The van der Waals surface area contributed by atoms with E-state index in [1.54, 1.807) is 14.2 Å². The van der Waals surface area contributed by atoms with E-state index in [1.165, 1.54) is 0 Å². The Morgan fingerprint density at radius 2 is 1.04 bits per heavy atom. The van der Waals surface area contributed by atoms with Crippen LogP contribution in [0, 0.1) is 22.7 Å². The second-order valence-corrected chi connectivity index (χ2v) is 5.50. The molecule has 114 valence electrons. The van der Waals surface area contributed by atoms with Gasteiger partial charge in [0, 0.05) is 32.3 Å². The summed E-state index contributed by atoms with van der Waals surface area (Å²) in [6.07, 6.45) is 0. The molecule has 4 aromatic rings. The normalized spacial score (nSPS) is 10.8. The molecule has 4 aromatic carbocycles. The number of nitrogens with zero attached hydrogens (tertiary/aromatic N) is 2. The highest BCUT2D eigenvalue weighted by molar-refractivity contribution is 6.28. The van der Waals surface area contributed by atoms with Crippen molar-refractivity contribution >= 4 is 32.3 Å². The zero-order valence-electron chi connectivity index (χ0n) is 13.2. The molecule has 0 radical (unpaired) electrons. The molecular formula is C20H12N2O2. The fourth-order valence-corrected chi connectivity index (χ4v) is 3.59. The molecule has 0 aliphatic carbocycles. The van der Waals surface area contributed by atoms with Crippen LogP contribution in [-0.4, -0.2) is 14.2 Å². The molecule has 0 saturated heterocycles. The SMILES string of the molecule is COc1c(OC)c2cccc3c(C#N)c(C#N)c4cccc1c4c32. The van der Waals surface area contributed by atoms with Crippen LogP contribution in [0.5, 0.6) is 11.5 Å². The fourth-order valence-electron chi connectivity index (χ4n) is 3.59. The van der Waals surface area contributed by atoms with Crippen molar-refractivity contribution in [2.24, 2.45) is 0 Å². The van der Waals surface area contributed by atoms with Gasteiger partial charge in [0.2, 0.25) is 0 Å². The average molecular weight is 312 g/mol. The molecule has 0 spiro atoms. The van der Waals surface area contributed by atoms with E-state index in [0.717, 1.165) is 32.3 Å². The Hall–Kier alpha value is -3.50. The van der Waals surface area contributed by atoms with Crippen LogP contribution in [0.15, 0.2) is 36.4 Å². The van der Waals surface area contributed by atoms with Crippen molar-refractivity contribution < 1.29 is 9.47 Å². The first-order valence-electron chi connectivity index (χ1n) is 7.41. The van der Waals surface area contributed by atoms with Crippen LogP contribution in [0.1, 0.15) is 11.1 Å². The summed E-state index contributed by atoms with van der Waals surface area (Å²) < 4.78 is 11.2. The molecule has 0 heterocycles. The van der Waals surface area contributed by atoms with Gasteiger partial charge in [0.15, 0.2) is 11.5 Å². The topological polar surface area (TPSA) is 66.0 Å². The van der Waals surface area contributed by atoms with Crippen molar-refractivity contribution in [1.29, 1.82) is 10.5 Å². The van der Waals surface area contributed by atoms with Gasteiger partial charge in [-0.1, -0.05) is 36.4 Å². The van der Waals surface area contributed by atoms with E-state index in [0.29, 0.717) is 22.6 Å². The molecule has 0 fully saturated rings. The van der Waals surface area contributed by atoms with Crippen molar-refractivity contribution in [3.05, 3.63) is 47.5 Å². The van der Waals surface area contributed by atoms with Crippen LogP contribution in [0.3, 0.4) is 0 Å². The number of nitriles is 2. The Morgan fingerprint density at radius 1 is 0.667 bits per heavy atom. The van der Waals surface area contributed by atoms with Gasteiger partial charge in [0.05, 0.1) is 25.3 Å². The minimum atomic E-state index is 0.398. The Bertz CT molecular complexity index is 1100. The van der Waals surface area contributed by atoms with Crippen LogP contribution in [0.2, 0.25) is 0 Å². The van der Waals surface area contributed by atoms with Crippen molar-refractivity contribution in [3.8, 4) is 23.6 Å². The van der Waals surface area contributed by atoms with Crippen LogP contribution < -0.4 is 9.47 Å². The molecule has 0 saturated carbocycles. The Balaban J connectivity index is 2.49. The summed E-state index contributed by atoms with van der Waals surface area (Å²) in [6.45, 7) is 0. The number of methoxy groups -OCH3 is 2. The van der Waals surface area contributed by atoms with Gasteiger partial charge in [-0.05, 0) is 0 Å². The third-order valence-electron chi connectivity index (χ3n) is 4.49. The van der Waals surface area contributed by atoms with Gasteiger partial charge in [-0.2, -0.15) is 10.5 Å². The molecule has 0 aromatic heterocycles. The van der Waals surface area contributed by atoms with Crippen molar-refractivity contribution in [3.63, 3.8) is 0 Å². The van der Waals surface area contributed by atoms with Crippen LogP contribution in [0.25, 0.3) is 32.3 Å². The highest BCUT2D eigenvalue weighted by Gasteiger charge is 2.23. The molecule has 0 bridgehead atoms. The zero-order chi connectivity index (χ0) is 16.8. The monoisotopic (exact) mass is 312 g/mol. The van der Waals surface area contributed by atoms with E-state index in [4.69, 9.17) is 9.47 Å². The second-order valence-electron chi connectivity index (χ2n) is 5.50. The number of hydrogen-bond donors (Lipinski definition) is 0. The van der Waals surface area contributed by atoms with E-state index in [9.17, 15) is 10.5 Å². The predicted octanol–water partition coefficient (Wildman–Crippen LogP) is 4.34. The lowest BCUT2D eigenvalue weighted by molar-refractivity contribution is 0.362. The van der Waals surface area contributed by atoms with E-state index >= 15 is 0 Å². The van der Waals surface area contributed by atoms with Gasteiger partial charge >= 0.3 is 0 Å². The van der Waals surface area contributed by atoms with Gasteiger partial charge in [0.25, 0.3) is 0 Å². The van der Waals surface area contributed by atoms with E-state index < -0.39 is 0 Å². The Kier molecular flexibility index (Phi) is 2.95. The van der Waals surface area contributed by atoms with Crippen LogP contribution >= 0.6 is 0 Å². The minimum absolute atomic E-state index is 0.398. The Labute approximate surface area is 138 Å².